The lowest BCUT2D eigenvalue weighted by Gasteiger charge is -2.21. The number of nitrogens with one attached hydrogen (secondary N) is 1. The maximum absolute atomic E-state index is 11.7. The van der Waals surface area contributed by atoms with Gasteiger partial charge in [-0.2, -0.15) is 0 Å². The van der Waals surface area contributed by atoms with E-state index in [1.165, 1.54) is 5.56 Å². The Kier molecular flexibility index (Phi) is 5.05. The molecule has 0 saturated carbocycles. The van der Waals surface area contributed by atoms with Gasteiger partial charge >= 0.3 is 0 Å². The highest BCUT2D eigenvalue weighted by molar-refractivity contribution is 5.80. The second-order valence-corrected chi connectivity index (χ2v) is 6.03. The molecule has 1 fully saturated rings. The van der Waals surface area contributed by atoms with Gasteiger partial charge < -0.3 is 10.1 Å². The van der Waals surface area contributed by atoms with Crippen molar-refractivity contribution in [2.24, 2.45) is 5.92 Å². The Balaban J connectivity index is 2.06. The lowest BCUT2D eigenvalue weighted by molar-refractivity contribution is -0.119. The molecule has 2 unspecified atom stereocenters. The zero-order valence-corrected chi connectivity index (χ0v) is 12.7. The van der Waals surface area contributed by atoms with Gasteiger partial charge in [-0.05, 0) is 36.5 Å². The van der Waals surface area contributed by atoms with Crippen LogP contribution in [0.25, 0.3) is 0 Å². The van der Waals surface area contributed by atoms with E-state index in [0.717, 1.165) is 25.2 Å². The van der Waals surface area contributed by atoms with Gasteiger partial charge in [-0.3, -0.25) is 4.79 Å². The quantitative estimate of drug-likeness (QED) is 0.863. The van der Waals surface area contributed by atoms with Crippen molar-refractivity contribution in [1.29, 1.82) is 0 Å². The van der Waals surface area contributed by atoms with Gasteiger partial charge in [0.25, 0.3) is 0 Å². The number of ether oxygens (including phenoxy) is 1. The van der Waals surface area contributed by atoms with Crippen LogP contribution in [0.3, 0.4) is 0 Å². The van der Waals surface area contributed by atoms with E-state index in [-0.39, 0.29) is 11.9 Å². The summed E-state index contributed by atoms with van der Waals surface area (Å²) in [5, 5.41) is 3.11. The second kappa shape index (κ2) is 6.78. The maximum atomic E-state index is 11.7. The van der Waals surface area contributed by atoms with Crippen molar-refractivity contribution in [2.45, 2.75) is 52.0 Å². The summed E-state index contributed by atoms with van der Waals surface area (Å²) in [5.41, 5.74) is 1.23. The highest BCUT2D eigenvalue weighted by Crippen LogP contribution is 2.32. The van der Waals surface area contributed by atoms with Gasteiger partial charge in [0.1, 0.15) is 5.75 Å². The number of amides is 1. The Morgan fingerprint density at radius 2 is 2.00 bits per heavy atom. The number of hydrogen-bond donors (Lipinski definition) is 1. The average Bonchev–Trinajstić information content (AvgIpc) is 2.77. The molecule has 0 spiro atoms. The predicted octanol–water partition coefficient (Wildman–Crippen LogP) is 3.49. The number of carbonyl (C=O) groups excluding carboxylic acids is 1. The SMILES string of the molecule is CCCOc1ccc(C2CC(=O)NC2CC(C)C)cc1. The predicted molar refractivity (Wildman–Crippen MR) is 81.0 cm³/mol. The van der Waals surface area contributed by atoms with E-state index in [1.807, 2.05) is 12.1 Å². The highest BCUT2D eigenvalue weighted by Gasteiger charge is 2.33. The Labute approximate surface area is 121 Å². The smallest absolute Gasteiger partial charge is 0.220 e. The third-order valence-corrected chi connectivity index (χ3v) is 3.74. The van der Waals surface area contributed by atoms with E-state index >= 15 is 0 Å². The van der Waals surface area contributed by atoms with Gasteiger partial charge in [-0.1, -0.05) is 32.9 Å². The van der Waals surface area contributed by atoms with E-state index in [9.17, 15) is 4.79 Å². The molecule has 0 aliphatic carbocycles. The van der Waals surface area contributed by atoms with Crippen molar-refractivity contribution in [3.05, 3.63) is 29.8 Å². The van der Waals surface area contributed by atoms with E-state index in [4.69, 9.17) is 4.74 Å². The number of hydrogen-bond acceptors (Lipinski definition) is 2. The minimum absolute atomic E-state index is 0.173. The van der Waals surface area contributed by atoms with Crippen molar-refractivity contribution in [2.75, 3.05) is 6.61 Å². The Hall–Kier alpha value is -1.51. The average molecular weight is 275 g/mol. The molecular formula is C17H25NO2. The summed E-state index contributed by atoms with van der Waals surface area (Å²) in [5.74, 6) is 1.97. The van der Waals surface area contributed by atoms with Gasteiger partial charge in [-0.15, -0.1) is 0 Å². The molecule has 1 heterocycles. The summed E-state index contributed by atoms with van der Waals surface area (Å²) >= 11 is 0. The monoisotopic (exact) mass is 275 g/mol. The molecule has 0 bridgehead atoms. The van der Waals surface area contributed by atoms with Crippen molar-refractivity contribution < 1.29 is 9.53 Å². The van der Waals surface area contributed by atoms with Crippen LogP contribution in [0.5, 0.6) is 5.75 Å². The molecule has 3 heteroatoms. The molecule has 0 aromatic heterocycles. The molecule has 1 aromatic carbocycles. The molecule has 3 nitrogen and oxygen atoms in total. The fourth-order valence-electron chi connectivity index (χ4n) is 2.82. The first kappa shape index (κ1) is 14.9. The summed E-state index contributed by atoms with van der Waals surface area (Å²) < 4.78 is 5.60. The standard InChI is InChI=1S/C17H25NO2/c1-4-9-20-14-7-5-13(6-8-14)15-11-17(19)18-16(15)10-12(2)3/h5-8,12,15-16H,4,9-11H2,1-3H3,(H,18,19). The molecule has 110 valence electrons. The lowest BCUT2D eigenvalue weighted by atomic mass is 9.87. The summed E-state index contributed by atoms with van der Waals surface area (Å²) in [4.78, 5) is 11.7. The van der Waals surface area contributed by atoms with E-state index in [0.29, 0.717) is 18.3 Å². The number of benzene rings is 1. The number of carbonyl (C=O) groups is 1. The zero-order chi connectivity index (χ0) is 14.5. The van der Waals surface area contributed by atoms with Crippen LogP contribution >= 0.6 is 0 Å². The van der Waals surface area contributed by atoms with Crippen molar-refractivity contribution in [3.8, 4) is 5.75 Å². The van der Waals surface area contributed by atoms with Crippen LogP contribution in [0.15, 0.2) is 24.3 Å². The molecular weight excluding hydrogens is 250 g/mol. The molecule has 2 atom stereocenters. The third kappa shape index (κ3) is 3.75. The van der Waals surface area contributed by atoms with Crippen LogP contribution in [0.2, 0.25) is 0 Å². The number of rotatable bonds is 6. The van der Waals surface area contributed by atoms with E-state index in [1.54, 1.807) is 0 Å². The maximum Gasteiger partial charge on any atom is 0.220 e. The Bertz CT molecular complexity index is 439. The topological polar surface area (TPSA) is 38.3 Å². The molecule has 1 aromatic rings. The molecule has 1 aliphatic heterocycles. The first-order valence-electron chi connectivity index (χ1n) is 7.62. The van der Waals surface area contributed by atoms with Crippen LogP contribution in [0.4, 0.5) is 0 Å². The minimum atomic E-state index is 0.173. The van der Waals surface area contributed by atoms with Crippen molar-refractivity contribution >= 4 is 5.91 Å². The fourth-order valence-corrected chi connectivity index (χ4v) is 2.82. The normalized spacial score (nSPS) is 22.1. The van der Waals surface area contributed by atoms with E-state index in [2.05, 4.69) is 38.2 Å². The minimum Gasteiger partial charge on any atom is -0.494 e. The summed E-state index contributed by atoms with van der Waals surface area (Å²) in [6.07, 6.45) is 2.65. The van der Waals surface area contributed by atoms with Gasteiger partial charge in [0, 0.05) is 18.4 Å². The molecule has 1 saturated heterocycles. The van der Waals surface area contributed by atoms with Gasteiger partial charge in [-0.25, -0.2) is 0 Å². The molecule has 2 rings (SSSR count). The fraction of sp³-hybridized carbons (Fsp3) is 0.588. The second-order valence-electron chi connectivity index (χ2n) is 6.03. The lowest BCUT2D eigenvalue weighted by Crippen LogP contribution is -2.29. The van der Waals surface area contributed by atoms with Gasteiger partial charge in [0.2, 0.25) is 5.91 Å². The van der Waals surface area contributed by atoms with Crippen LogP contribution < -0.4 is 10.1 Å². The zero-order valence-electron chi connectivity index (χ0n) is 12.7. The molecule has 20 heavy (non-hydrogen) atoms. The summed E-state index contributed by atoms with van der Waals surface area (Å²) in [7, 11) is 0. The van der Waals surface area contributed by atoms with Crippen molar-refractivity contribution in [1.82, 2.24) is 5.32 Å². The summed E-state index contributed by atoms with van der Waals surface area (Å²) in [6.45, 7) is 7.24. The largest absolute Gasteiger partial charge is 0.494 e. The van der Waals surface area contributed by atoms with Gasteiger partial charge in [0.15, 0.2) is 0 Å². The molecule has 0 radical (unpaired) electrons. The van der Waals surface area contributed by atoms with E-state index < -0.39 is 0 Å². The highest BCUT2D eigenvalue weighted by atomic mass is 16.5. The van der Waals surface area contributed by atoms with Crippen LogP contribution in [0.1, 0.15) is 51.5 Å². The summed E-state index contributed by atoms with van der Waals surface area (Å²) in [6, 6.07) is 8.50. The Morgan fingerprint density at radius 1 is 1.30 bits per heavy atom. The molecule has 1 N–H and O–H groups in total. The van der Waals surface area contributed by atoms with Gasteiger partial charge in [0.05, 0.1) is 6.61 Å². The van der Waals surface area contributed by atoms with Crippen molar-refractivity contribution in [3.63, 3.8) is 0 Å². The van der Waals surface area contributed by atoms with Crippen LogP contribution in [-0.4, -0.2) is 18.6 Å². The third-order valence-electron chi connectivity index (χ3n) is 3.74. The first-order valence-corrected chi connectivity index (χ1v) is 7.62. The molecule has 1 amide bonds. The first-order chi connectivity index (χ1) is 9.60. The molecule has 1 aliphatic rings. The van der Waals surface area contributed by atoms with Crippen LogP contribution in [-0.2, 0) is 4.79 Å². The van der Waals surface area contributed by atoms with Crippen LogP contribution in [0, 0.1) is 5.92 Å². The Morgan fingerprint density at radius 3 is 2.60 bits per heavy atom.